The Balaban J connectivity index is 1.55. The molecule has 0 aliphatic heterocycles. The van der Waals surface area contributed by atoms with Crippen molar-refractivity contribution >= 4 is 22.7 Å². The Kier molecular flexibility index (Phi) is 5.09. The number of aromatic carboxylic acids is 1. The van der Waals surface area contributed by atoms with E-state index in [-0.39, 0.29) is 11.4 Å². The number of hydrogen-bond donors (Lipinski definition) is 3. The second kappa shape index (κ2) is 8.00. The van der Waals surface area contributed by atoms with Crippen LogP contribution in [-0.4, -0.2) is 21.5 Å². The molecule has 30 heavy (non-hydrogen) atoms. The average molecular weight is 397 g/mol. The van der Waals surface area contributed by atoms with Crippen molar-refractivity contribution in [2.24, 2.45) is 16.1 Å². The maximum absolute atomic E-state index is 11.0. The van der Waals surface area contributed by atoms with E-state index in [0.29, 0.717) is 12.1 Å². The van der Waals surface area contributed by atoms with Crippen LogP contribution in [0.5, 0.6) is 0 Å². The van der Waals surface area contributed by atoms with Crippen molar-refractivity contribution in [3.05, 3.63) is 95.7 Å². The van der Waals surface area contributed by atoms with Crippen LogP contribution in [0.15, 0.2) is 89.2 Å². The van der Waals surface area contributed by atoms with E-state index in [4.69, 9.17) is 16.5 Å². The van der Waals surface area contributed by atoms with E-state index in [1.807, 2.05) is 54.7 Å². The molecule has 4 rings (SSSR count). The van der Waals surface area contributed by atoms with Crippen molar-refractivity contribution in [2.75, 3.05) is 0 Å². The van der Waals surface area contributed by atoms with E-state index in [9.17, 15) is 4.79 Å². The number of benzene rings is 3. The van der Waals surface area contributed by atoms with Crippen molar-refractivity contribution in [3.8, 4) is 11.1 Å². The summed E-state index contributed by atoms with van der Waals surface area (Å²) in [6, 6.07) is 22.8. The molecule has 0 bridgehead atoms. The van der Waals surface area contributed by atoms with Crippen LogP contribution in [0, 0.1) is 5.53 Å². The quantitative estimate of drug-likeness (QED) is 0.149. The van der Waals surface area contributed by atoms with Crippen LogP contribution >= 0.6 is 0 Å². The smallest absolute Gasteiger partial charge is 0.335 e. The molecule has 4 aromatic rings. The highest BCUT2D eigenvalue weighted by atomic mass is 16.4. The fourth-order valence-corrected chi connectivity index (χ4v) is 3.45. The average Bonchev–Trinajstić information content (AvgIpc) is 3.17. The monoisotopic (exact) mass is 397 g/mol. The molecule has 0 fully saturated rings. The zero-order chi connectivity index (χ0) is 21.1. The zero-order valence-electron chi connectivity index (χ0n) is 16.0. The van der Waals surface area contributed by atoms with Gasteiger partial charge in [-0.15, -0.1) is 5.11 Å². The van der Waals surface area contributed by atoms with Crippen molar-refractivity contribution in [1.82, 2.24) is 4.57 Å². The molecule has 1 aromatic heterocycles. The molecule has 1 heterocycles. The molecular formula is C23H19N5O2. The molecule has 0 amide bonds. The molecule has 0 saturated heterocycles. The molecule has 0 saturated carbocycles. The zero-order valence-corrected chi connectivity index (χ0v) is 16.0. The van der Waals surface area contributed by atoms with E-state index < -0.39 is 5.97 Å². The van der Waals surface area contributed by atoms with Gasteiger partial charge in [-0.2, -0.15) is 5.10 Å². The number of nitrogens with two attached hydrogens (primary N) is 1. The Morgan fingerprint density at radius 2 is 1.57 bits per heavy atom. The minimum Gasteiger partial charge on any atom is -0.478 e. The Hall–Kier alpha value is -4.26. The van der Waals surface area contributed by atoms with Crippen molar-refractivity contribution in [2.45, 2.75) is 6.54 Å². The summed E-state index contributed by atoms with van der Waals surface area (Å²) in [6.45, 7) is 0.710. The van der Waals surface area contributed by atoms with Crippen LogP contribution in [-0.2, 0) is 6.54 Å². The predicted octanol–water partition coefficient (Wildman–Crippen LogP) is 4.71. The van der Waals surface area contributed by atoms with Gasteiger partial charge in [0, 0.05) is 29.2 Å². The van der Waals surface area contributed by atoms with Gasteiger partial charge in [0.1, 0.15) is 0 Å². The summed E-state index contributed by atoms with van der Waals surface area (Å²) in [4.78, 5) is 11.0. The van der Waals surface area contributed by atoms with Crippen molar-refractivity contribution < 1.29 is 9.90 Å². The lowest BCUT2D eigenvalue weighted by molar-refractivity contribution is 0.0697. The van der Waals surface area contributed by atoms with Gasteiger partial charge in [0.05, 0.1) is 5.56 Å². The van der Waals surface area contributed by atoms with Gasteiger partial charge in [-0.3, -0.25) is 0 Å². The number of hydrazone groups is 1. The highest BCUT2D eigenvalue weighted by Crippen LogP contribution is 2.23. The third-order valence-corrected chi connectivity index (χ3v) is 5.03. The molecule has 7 nitrogen and oxygen atoms in total. The summed E-state index contributed by atoms with van der Waals surface area (Å²) in [5.74, 6) is 4.55. The second-order valence-electron chi connectivity index (χ2n) is 6.86. The molecule has 3 aromatic carbocycles. The molecule has 7 heteroatoms. The van der Waals surface area contributed by atoms with E-state index in [1.54, 1.807) is 12.1 Å². The van der Waals surface area contributed by atoms with Crippen LogP contribution in [0.4, 0.5) is 0 Å². The van der Waals surface area contributed by atoms with E-state index >= 15 is 0 Å². The summed E-state index contributed by atoms with van der Waals surface area (Å²) in [7, 11) is 0. The normalized spacial score (nSPS) is 11.5. The highest BCUT2D eigenvalue weighted by Gasteiger charge is 2.08. The lowest BCUT2D eigenvalue weighted by Gasteiger charge is -2.08. The molecule has 0 unspecified atom stereocenters. The summed E-state index contributed by atoms with van der Waals surface area (Å²) in [5, 5.41) is 16.9. The van der Waals surface area contributed by atoms with Crippen molar-refractivity contribution in [1.29, 1.82) is 5.53 Å². The first kappa shape index (κ1) is 19.1. The van der Waals surface area contributed by atoms with Gasteiger partial charge in [0.15, 0.2) is 5.84 Å². The Bertz CT molecular complexity index is 1260. The molecule has 0 aliphatic rings. The number of carbonyl (C=O) groups is 1. The maximum atomic E-state index is 11.0. The third kappa shape index (κ3) is 3.68. The minimum atomic E-state index is -0.927. The van der Waals surface area contributed by atoms with Gasteiger partial charge in [0.25, 0.3) is 0 Å². The van der Waals surface area contributed by atoms with Gasteiger partial charge >= 0.3 is 5.97 Å². The molecule has 0 spiro atoms. The molecule has 4 N–H and O–H groups in total. The van der Waals surface area contributed by atoms with Gasteiger partial charge in [-0.05, 0) is 53.1 Å². The topological polar surface area (TPSA) is 117 Å². The Labute approximate surface area is 172 Å². The van der Waals surface area contributed by atoms with Gasteiger partial charge in [-0.25, -0.2) is 10.3 Å². The highest BCUT2D eigenvalue weighted by molar-refractivity contribution is 6.01. The van der Waals surface area contributed by atoms with Crippen molar-refractivity contribution in [3.63, 3.8) is 0 Å². The largest absolute Gasteiger partial charge is 0.478 e. The van der Waals surface area contributed by atoms with Crippen LogP contribution in [0.1, 0.15) is 21.5 Å². The number of carboxylic acids is 1. The van der Waals surface area contributed by atoms with E-state index in [0.717, 1.165) is 27.6 Å². The number of rotatable bonds is 5. The number of nitrogens with zero attached hydrogens (tertiary/aromatic N) is 3. The first-order valence-corrected chi connectivity index (χ1v) is 9.26. The summed E-state index contributed by atoms with van der Waals surface area (Å²) >= 11 is 0. The number of aromatic nitrogens is 1. The van der Waals surface area contributed by atoms with Gasteiger partial charge in [0.2, 0.25) is 0 Å². The first-order valence-electron chi connectivity index (χ1n) is 9.26. The number of carboxylic acid groups (broad SMARTS) is 1. The standard InChI is InChI=1S/C23H19N5O2/c24-26-22(27-25)20-9-10-21-19(13-20)11-12-28(21)14-15-1-3-16(4-2-15)17-5-7-18(8-6-17)23(29)30/h1-13,24H,14,25H2,(H,29,30)/b26-24?,27-22-. The predicted molar refractivity (Wildman–Crippen MR) is 116 cm³/mol. The van der Waals surface area contributed by atoms with Crippen LogP contribution in [0.2, 0.25) is 0 Å². The number of amidine groups is 1. The number of hydrogen-bond acceptors (Lipinski definition) is 4. The lowest BCUT2D eigenvalue weighted by atomic mass is 10.0. The Morgan fingerprint density at radius 1 is 0.933 bits per heavy atom. The van der Waals surface area contributed by atoms with Crippen LogP contribution in [0.25, 0.3) is 22.0 Å². The molecular weight excluding hydrogens is 378 g/mol. The lowest BCUT2D eigenvalue weighted by Crippen LogP contribution is -2.01. The van der Waals surface area contributed by atoms with E-state index in [2.05, 4.69) is 26.9 Å². The van der Waals surface area contributed by atoms with Gasteiger partial charge < -0.3 is 15.5 Å². The fraction of sp³-hybridized carbons (Fsp3) is 0.0435. The summed E-state index contributed by atoms with van der Waals surface area (Å²) < 4.78 is 2.15. The Morgan fingerprint density at radius 3 is 2.17 bits per heavy atom. The third-order valence-electron chi connectivity index (χ3n) is 5.03. The number of nitrogens with one attached hydrogen (secondary N) is 1. The van der Waals surface area contributed by atoms with Crippen LogP contribution in [0.3, 0.4) is 0 Å². The summed E-state index contributed by atoms with van der Waals surface area (Å²) in [6.07, 6.45) is 2.02. The van der Waals surface area contributed by atoms with Gasteiger partial charge in [-0.1, -0.05) is 36.4 Å². The second-order valence-corrected chi connectivity index (χ2v) is 6.86. The van der Waals surface area contributed by atoms with Crippen LogP contribution < -0.4 is 5.84 Å². The molecule has 0 aliphatic carbocycles. The molecule has 0 atom stereocenters. The minimum absolute atomic E-state index is 0.191. The summed E-state index contributed by atoms with van der Waals surface area (Å²) in [5.41, 5.74) is 12.3. The fourth-order valence-electron chi connectivity index (χ4n) is 3.45. The maximum Gasteiger partial charge on any atom is 0.335 e. The molecule has 0 radical (unpaired) electrons. The SMILES string of the molecule is N=N/C(=N\N)c1ccc2c(ccn2Cc2ccc(-c3ccc(C(=O)O)cc3)cc2)c1. The van der Waals surface area contributed by atoms with E-state index in [1.165, 1.54) is 0 Å². The number of fused-ring (bicyclic) bond motifs is 1. The first-order chi connectivity index (χ1) is 14.6. The molecule has 148 valence electrons.